The van der Waals surface area contributed by atoms with Gasteiger partial charge >= 0.3 is 6.36 Å². The van der Waals surface area contributed by atoms with Gasteiger partial charge in [0.15, 0.2) is 0 Å². The molecule has 0 aliphatic carbocycles. The molecule has 0 radical (unpaired) electrons. The standard InChI is InChI=1S/C8H8F3IN2O/c1-4-2-6(15-8(9,10)11)5(3-13)7(12)14-4/h2H,3,13H2,1H3. The fourth-order valence-electron chi connectivity index (χ4n) is 1.03. The molecule has 1 aromatic rings. The highest BCUT2D eigenvalue weighted by atomic mass is 127. The summed E-state index contributed by atoms with van der Waals surface area (Å²) in [6.07, 6.45) is -4.71. The predicted octanol–water partition coefficient (Wildman–Crippen LogP) is 2.35. The third-order valence-electron chi connectivity index (χ3n) is 1.59. The van der Waals surface area contributed by atoms with Crippen molar-refractivity contribution in [2.45, 2.75) is 19.8 Å². The topological polar surface area (TPSA) is 48.1 Å². The van der Waals surface area contributed by atoms with E-state index in [9.17, 15) is 13.2 Å². The molecule has 0 aromatic carbocycles. The summed E-state index contributed by atoms with van der Waals surface area (Å²) in [5, 5.41) is 0. The van der Waals surface area contributed by atoms with Crippen molar-refractivity contribution in [2.75, 3.05) is 0 Å². The van der Waals surface area contributed by atoms with Gasteiger partial charge in [0.05, 0.1) is 0 Å². The Balaban J connectivity index is 3.15. The lowest BCUT2D eigenvalue weighted by atomic mass is 10.2. The van der Waals surface area contributed by atoms with Gasteiger partial charge in [0.25, 0.3) is 0 Å². The average molecular weight is 332 g/mol. The maximum atomic E-state index is 12.0. The number of hydrogen-bond acceptors (Lipinski definition) is 3. The molecule has 7 heteroatoms. The summed E-state index contributed by atoms with van der Waals surface area (Å²) in [6, 6.07) is 1.22. The molecule has 0 aliphatic heterocycles. The SMILES string of the molecule is Cc1cc(OC(F)(F)F)c(CN)c(I)n1. The van der Waals surface area contributed by atoms with E-state index in [4.69, 9.17) is 5.73 Å². The number of aryl methyl sites for hydroxylation is 1. The molecule has 15 heavy (non-hydrogen) atoms. The second kappa shape index (κ2) is 4.52. The van der Waals surface area contributed by atoms with Crippen LogP contribution < -0.4 is 10.5 Å². The summed E-state index contributed by atoms with van der Waals surface area (Å²) in [5.41, 5.74) is 6.05. The smallest absolute Gasteiger partial charge is 0.405 e. The van der Waals surface area contributed by atoms with E-state index in [0.717, 1.165) is 0 Å². The van der Waals surface area contributed by atoms with Crippen LogP contribution in [0, 0.1) is 10.6 Å². The van der Waals surface area contributed by atoms with Gasteiger partial charge in [-0.2, -0.15) is 0 Å². The van der Waals surface area contributed by atoms with Crippen LogP contribution in [0.4, 0.5) is 13.2 Å². The first-order chi connectivity index (χ1) is 6.83. The predicted molar refractivity (Wildman–Crippen MR) is 56.3 cm³/mol. The van der Waals surface area contributed by atoms with Gasteiger partial charge in [0, 0.05) is 23.9 Å². The van der Waals surface area contributed by atoms with Crippen molar-refractivity contribution < 1.29 is 17.9 Å². The molecular weight excluding hydrogens is 324 g/mol. The maximum Gasteiger partial charge on any atom is 0.573 e. The van der Waals surface area contributed by atoms with Gasteiger partial charge in [-0.25, -0.2) is 4.98 Å². The molecule has 1 rings (SSSR count). The van der Waals surface area contributed by atoms with Crippen molar-refractivity contribution in [3.63, 3.8) is 0 Å². The highest BCUT2D eigenvalue weighted by Crippen LogP contribution is 2.28. The van der Waals surface area contributed by atoms with Gasteiger partial charge in [-0.1, -0.05) is 0 Å². The first-order valence-electron chi connectivity index (χ1n) is 3.95. The molecule has 0 saturated heterocycles. The van der Waals surface area contributed by atoms with E-state index in [1.807, 2.05) is 22.6 Å². The average Bonchev–Trinajstić information content (AvgIpc) is 1.99. The van der Waals surface area contributed by atoms with Crippen molar-refractivity contribution in [1.82, 2.24) is 4.98 Å². The van der Waals surface area contributed by atoms with Crippen LogP contribution in [0.1, 0.15) is 11.3 Å². The van der Waals surface area contributed by atoms with Crippen molar-refractivity contribution in [3.8, 4) is 5.75 Å². The maximum absolute atomic E-state index is 12.0. The van der Waals surface area contributed by atoms with Gasteiger partial charge < -0.3 is 10.5 Å². The number of hydrogen-bond donors (Lipinski definition) is 1. The van der Waals surface area contributed by atoms with Crippen LogP contribution in [0.2, 0.25) is 0 Å². The lowest BCUT2D eigenvalue weighted by Gasteiger charge is -2.13. The fraction of sp³-hybridized carbons (Fsp3) is 0.375. The van der Waals surface area contributed by atoms with Gasteiger partial charge in [-0.3, -0.25) is 0 Å². The van der Waals surface area contributed by atoms with E-state index in [0.29, 0.717) is 9.39 Å². The second-order valence-electron chi connectivity index (χ2n) is 2.78. The minimum absolute atomic E-state index is 0.0447. The molecule has 0 atom stereocenters. The Morgan fingerprint density at radius 2 is 2.13 bits per heavy atom. The van der Waals surface area contributed by atoms with Crippen molar-refractivity contribution >= 4 is 22.6 Å². The van der Waals surface area contributed by atoms with Gasteiger partial charge in [-0.15, -0.1) is 13.2 Å². The van der Waals surface area contributed by atoms with Crippen molar-refractivity contribution in [2.24, 2.45) is 5.73 Å². The molecule has 1 aromatic heterocycles. The number of aromatic nitrogens is 1. The zero-order valence-corrected chi connectivity index (χ0v) is 9.89. The first-order valence-corrected chi connectivity index (χ1v) is 5.03. The Bertz CT molecular complexity index is 368. The summed E-state index contributed by atoms with van der Waals surface area (Å²) < 4.78 is 40.4. The zero-order valence-electron chi connectivity index (χ0n) is 7.73. The van der Waals surface area contributed by atoms with Gasteiger partial charge in [0.1, 0.15) is 9.45 Å². The molecule has 1 heterocycles. The molecule has 0 aliphatic rings. The highest BCUT2D eigenvalue weighted by molar-refractivity contribution is 14.1. The Labute approximate surface area is 98.0 Å². The molecule has 0 saturated carbocycles. The van der Waals surface area contributed by atoms with Gasteiger partial charge in [-0.05, 0) is 29.5 Å². The minimum Gasteiger partial charge on any atom is -0.405 e. The molecule has 0 amide bonds. The number of nitrogens with zero attached hydrogens (tertiary/aromatic N) is 1. The molecule has 0 unspecified atom stereocenters. The normalized spacial score (nSPS) is 11.6. The van der Waals surface area contributed by atoms with Crippen LogP contribution in [0.15, 0.2) is 6.07 Å². The van der Waals surface area contributed by atoms with Crippen LogP contribution in [-0.2, 0) is 6.54 Å². The first kappa shape index (κ1) is 12.5. The van der Waals surface area contributed by atoms with E-state index in [1.54, 1.807) is 6.92 Å². The van der Waals surface area contributed by atoms with E-state index < -0.39 is 6.36 Å². The monoisotopic (exact) mass is 332 g/mol. The second-order valence-corrected chi connectivity index (χ2v) is 3.80. The summed E-state index contributed by atoms with van der Waals surface area (Å²) in [4.78, 5) is 3.99. The molecule has 0 bridgehead atoms. The summed E-state index contributed by atoms with van der Waals surface area (Å²) >= 11 is 1.82. The quantitative estimate of drug-likeness (QED) is 0.668. The Kier molecular flexibility index (Phi) is 3.77. The van der Waals surface area contributed by atoms with E-state index in [1.165, 1.54) is 6.07 Å². The van der Waals surface area contributed by atoms with E-state index in [-0.39, 0.29) is 17.9 Å². The lowest BCUT2D eigenvalue weighted by molar-refractivity contribution is -0.274. The largest absolute Gasteiger partial charge is 0.573 e. The summed E-state index contributed by atoms with van der Waals surface area (Å²) in [7, 11) is 0. The van der Waals surface area contributed by atoms with Crippen molar-refractivity contribution in [1.29, 1.82) is 0 Å². The van der Waals surface area contributed by atoms with Gasteiger partial charge in [0.2, 0.25) is 0 Å². The zero-order chi connectivity index (χ0) is 11.6. The van der Waals surface area contributed by atoms with E-state index >= 15 is 0 Å². The van der Waals surface area contributed by atoms with E-state index in [2.05, 4.69) is 9.72 Å². The van der Waals surface area contributed by atoms with Crippen molar-refractivity contribution in [3.05, 3.63) is 21.0 Å². The number of alkyl halides is 3. The molecule has 0 spiro atoms. The number of nitrogens with two attached hydrogens (primary N) is 1. The summed E-state index contributed by atoms with van der Waals surface area (Å²) in [5.74, 6) is -0.276. The minimum atomic E-state index is -4.71. The highest BCUT2D eigenvalue weighted by Gasteiger charge is 2.32. The Morgan fingerprint density at radius 1 is 1.53 bits per heavy atom. The van der Waals surface area contributed by atoms with Crippen LogP contribution in [0.25, 0.3) is 0 Å². The third kappa shape index (κ3) is 3.49. The fourth-order valence-corrected chi connectivity index (χ4v) is 1.90. The van der Waals surface area contributed by atoms with Crippen LogP contribution in [-0.4, -0.2) is 11.3 Å². The molecule has 3 nitrogen and oxygen atoms in total. The Hall–Kier alpha value is -0.570. The Morgan fingerprint density at radius 3 is 2.60 bits per heavy atom. The van der Waals surface area contributed by atoms with Crippen LogP contribution in [0.3, 0.4) is 0 Å². The molecule has 2 N–H and O–H groups in total. The lowest BCUT2D eigenvalue weighted by Crippen LogP contribution is -2.19. The summed E-state index contributed by atoms with van der Waals surface area (Å²) in [6.45, 7) is 1.54. The molecule has 0 fully saturated rings. The number of ether oxygens (including phenoxy) is 1. The molecular formula is C8H8F3IN2O. The van der Waals surface area contributed by atoms with Crippen LogP contribution in [0.5, 0.6) is 5.75 Å². The third-order valence-corrected chi connectivity index (χ3v) is 2.48. The number of pyridine rings is 1. The number of rotatable bonds is 2. The molecule has 84 valence electrons. The van der Waals surface area contributed by atoms with Crippen LogP contribution >= 0.6 is 22.6 Å². The number of halogens is 4.